The number of nitrogens with zero attached hydrogens (tertiary/aromatic N) is 2. The van der Waals surface area contributed by atoms with E-state index in [9.17, 15) is 4.39 Å². The highest BCUT2D eigenvalue weighted by Gasteiger charge is 2.01. The minimum absolute atomic E-state index is 0.270. The number of aromatic nitrogens is 2. The second kappa shape index (κ2) is 5.44. The van der Waals surface area contributed by atoms with E-state index in [0.29, 0.717) is 17.3 Å². The molecule has 94 valence electrons. The summed E-state index contributed by atoms with van der Waals surface area (Å²) in [6.07, 6.45) is 3.24. The number of hydrogen-bond acceptors (Lipinski definition) is 4. The molecule has 0 bridgehead atoms. The van der Waals surface area contributed by atoms with Gasteiger partial charge in [0.25, 0.3) is 0 Å². The summed E-state index contributed by atoms with van der Waals surface area (Å²) in [4.78, 5) is 8.37. The van der Waals surface area contributed by atoms with Crippen LogP contribution in [0, 0.1) is 12.7 Å². The third kappa shape index (κ3) is 3.16. The molecule has 18 heavy (non-hydrogen) atoms. The molecular weight excluding hydrogens is 231 g/mol. The molecular formula is C13H15FN4. The first kappa shape index (κ1) is 12.3. The molecule has 1 aromatic heterocycles. The summed E-state index contributed by atoms with van der Waals surface area (Å²) in [5.74, 6) is 1.00. The Morgan fingerprint density at radius 3 is 2.67 bits per heavy atom. The van der Waals surface area contributed by atoms with Crippen LogP contribution in [0.15, 0.2) is 30.6 Å². The fraction of sp³-hybridized carbons (Fsp3) is 0.231. The fourth-order valence-electron chi connectivity index (χ4n) is 1.65. The summed E-state index contributed by atoms with van der Waals surface area (Å²) in [5.41, 5.74) is 1.52. The lowest BCUT2D eigenvalue weighted by atomic mass is 10.2. The normalized spacial score (nSPS) is 10.2. The van der Waals surface area contributed by atoms with Crippen LogP contribution in [-0.4, -0.2) is 16.5 Å². The van der Waals surface area contributed by atoms with Crippen LogP contribution in [0.25, 0.3) is 0 Å². The van der Waals surface area contributed by atoms with Gasteiger partial charge < -0.3 is 10.6 Å². The second-order valence-electron chi connectivity index (χ2n) is 3.96. The summed E-state index contributed by atoms with van der Waals surface area (Å²) in [7, 11) is 0. The molecule has 0 aliphatic heterocycles. The maximum atomic E-state index is 13.2. The smallest absolute Gasteiger partial charge is 0.151 e. The Hall–Kier alpha value is -2.17. The lowest BCUT2D eigenvalue weighted by Gasteiger charge is -2.08. The van der Waals surface area contributed by atoms with Gasteiger partial charge in [-0.3, -0.25) is 4.98 Å². The summed E-state index contributed by atoms with van der Waals surface area (Å²) >= 11 is 0. The van der Waals surface area contributed by atoms with Gasteiger partial charge in [-0.2, -0.15) is 0 Å². The van der Waals surface area contributed by atoms with Gasteiger partial charge in [-0.05, 0) is 37.6 Å². The van der Waals surface area contributed by atoms with Crippen molar-refractivity contribution in [3.63, 3.8) is 0 Å². The van der Waals surface area contributed by atoms with E-state index in [1.54, 1.807) is 12.4 Å². The zero-order valence-corrected chi connectivity index (χ0v) is 10.4. The molecule has 0 atom stereocenters. The van der Waals surface area contributed by atoms with Crippen LogP contribution < -0.4 is 10.6 Å². The molecule has 0 spiro atoms. The summed E-state index contributed by atoms with van der Waals surface area (Å²) < 4.78 is 13.2. The van der Waals surface area contributed by atoms with Crippen molar-refractivity contribution < 1.29 is 4.39 Å². The zero-order valence-electron chi connectivity index (χ0n) is 10.4. The third-order valence-corrected chi connectivity index (χ3v) is 2.31. The highest BCUT2D eigenvalue weighted by atomic mass is 19.1. The minimum atomic E-state index is -0.270. The molecule has 5 heteroatoms. The first-order chi connectivity index (χ1) is 8.67. The summed E-state index contributed by atoms with van der Waals surface area (Å²) in [6, 6.07) is 4.76. The molecule has 0 radical (unpaired) electrons. The predicted molar refractivity (Wildman–Crippen MR) is 70.6 cm³/mol. The van der Waals surface area contributed by atoms with Gasteiger partial charge in [0.2, 0.25) is 0 Å². The molecule has 0 amide bonds. The van der Waals surface area contributed by atoms with Crippen molar-refractivity contribution in [1.82, 2.24) is 9.97 Å². The van der Waals surface area contributed by atoms with Gasteiger partial charge in [-0.15, -0.1) is 0 Å². The number of nitrogens with one attached hydrogen (secondary N) is 2. The molecule has 0 aliphatic rings. The average molecular weight is 246 g/mol. The fourth-order valence-corrected chi connectivity index (χ4v) is 1.65. The van der Waals surface area contributed by atoms with E-state index in [2.05, 4.69) is 20.6 Å². The van der Waals surface area contributed by atoms with Gasteiger partial charge in [-0.1, -0.05) is 0 Å². The van der Waals surface area contributed by atoms with Crippen LogP contribution in [0.3, 0.4) is 0 Å². The van der Waals surface area contributed by atoms with E-state index in [4.69, 9.17) is 0 Å². The molecule has 0 aliphatic carbocycles. The molecule has 0 fully saturated rings. The van der Waals surface area contributed by atoms with Crippen LogP contribution in [0.1, 0.15) is 12.5 Å². The Kier molecular flexibility index (Phi) is 3.72. The van der Waals surface area contributed by atoms with Gasteiger partial charge in [-0.25, -0.2) is 9.37 Å². The van der Waals surface area contributed by atoms with Crippen molar-refractivity contribution in [2.24, 2.45) is 0 Å². The number of anilines is 3. The highest BCUT2D eigenvalue weighted by molar-refractivity contribution is 5.57. The van der Waals surface area contributed by atoms with Crippen molar-refractivity contribution in [2.45, 2.75) is 13.8 Å². The van der Waals surface area contributed by atoms with E-state index in [0.717, 1.165) is 12.1 Å². The number of aryl methyl sites for hydroxylation is 1. The van der Waals surface area contributed by atoms with E-state index in [1.165, 1.54) is 12.1 Å². The lowest BCUT2D eigenvalue weighted by Crippen LogP contribution is -2.02. The minimum Gasteiger partial charge on any atom is -0.369 e. The molecule has 2 aromatic rings. The number of rotatable bonds is 4. The lowest BCUT2D eigenvalue weighted by molar-refractivity contribution is 0.627. The first-order valence-electron chi connectivity index (χ1n) is 5.77. The Balaban J connectivity index is 2.20. The first-order valence-corrected chi connectivity index (χ1v) is 5.77. The predicted octanol–water partition coefficient (Wildman–Crippen LogP) is 3.10. The quantitative estimate of drug-likeness (QED) is 0.870. The Morgan fingerprint density at radius 2 is 1.94 bits per heavy atom. The monoisotopic (exact) mass is 246 g/mol. The third-order valence-electron chi connectivity index (χ3n) is 2.31. The van der Waals surface area contributed by atoms with Gasteiger partial charge in [0, 0.05) is 12.2 Å². The second-order valence-corrected chi connectivity index (χ2v) is 3.96. The van der Waals surface area contributed by atoms with Crippen molar-refractivity contribution in [1.29, 1.82) is 0 Å². The number of benzene rings is 1. The molecule has 2 rings (SSSR count). The Bertz CT molecular complexity index is 522. The largest absolute Gasteiger partial charge is 0.369 e. The van der Waals surface area contributed by atoms with Gasteiger partial charge in [0.05, 0.1) is 12.4 Å². The molecule has 0 unspecified atom stereocenters. The van der Waals surface area contributed by atoms with Crippen LogP contribution >= 0.6 is 0 Å². The average Bonchev–Trinajstić information content (AvgIpc) is 2.28. The molecule has 1 aromatic carbocycles. The molecule has 0 saturated carbocycles. The molecule has 1 heterocycles. The number of hydrogen-bond donors (Lipinski definition) is 2. The molecule has 4 nitrogen and oxygen atoms in total. The van der Waals surface area contributed by atoms with Gasteiger partial charge in [0.1, 0.15) is 11.6 Å². The van der Waals surface area contributed by atoms with Crippen molar-refractivity contribution in [2.75, 3.05) is 17.2 Å². The van der Waals surface area contributed by atoms with Gasteiger partial charge >= 0.3 is 0 Å². The standard InChI is InChI=1S/C13H15FN4/c1-3-16-12-7-15-8-13(18-12)17-11-5-9(2)4-10(14)6-11/h4-8H,3H2,1-2H3,(H2,16,17,18). The summed E-state index contributed by atoms with van der Waals surface area (Å²) in [6.45, 7) is 4.60. The highest BCUT2D eigenvalue weighted by Crippen LogP contribution is 2.18. The SMILES string of the molecule is CCNc1cncc(Nc2cc(C)cc(F)c2)n1. The maximum Gasteiger partial charge on any atom is 0.151 e. The van der Waals surface area contributed by atoms with E-state index in [-0.39, 0.29) is 5.82 Å². The van der Waals surface area contributed by atoms with Crippen molar-refractivity contribution in [3.8, 4) is 0 Å². The zero-order chi connectivity index (χ0) is 13.0. The number of halogens is 1. The topological polar surface area (TPSA) is 49.8 Å². The van der Waals surface area contributed by atoms with Crippen LogP contribution in [0.2, 0.25) is 0 Å². The van der Waals surface area contributed by atoms with Crippen LogP contribution in [0.4, 0.5) is 21.7 Å². The van der Waals surface area contributed by atoms with E-state index < -0.39 is 0 Å². The molecule has 2 N–H and O–H groups in total. The van der Waals surface area contributed by atoms with Crippen LogP contribution in [-0.2, 0) is 0 Å². The van der Waals surface area contributed by atoms with E-state index in [1.807, 2.05) is 19.9 Å². The van der Waals surface area contributed by atoms with Crippen molar-refractivity contribution >= 4 is 17.3 Å². The van der Waals surface area contributed by atoms with Crippen molar-refractivity contribution in [3.05, 3.63) is 42.0 Å². The molecule has 0 saturated heterocycles. The van der Waals surface area contributed by atoms with E-state index >= 15 is 0 Å². The summed E-state index contributed by atoms with van der Waals surface area (Å²) in [5, 5.41) is 6.10. The Morgan fingerprint density at radius 1 is 1.17 bits per heavy atom. The Labute approximate surface area is 105 Å². The maximum absolute atomic E-state index is 13.2. The van der Waals surface area contributed by atoms with Gasteiger partial charge in [0.15, 0.2) is 5.82 Å². The van der Waals surface area contributed by atoms with Crippen LogP contribution in [0.5, 0.6) is 0 Å².